The van der Waals surface area contributed by atoms with Crippen molar-refractivity contribution in [1.82, 2.24) is 10.2 Å². The maximum Gasteiger partial charge on any atom is 0.253 e. The van der Waals surface area contributed by atoms with Crippen LogP contribution in [0.1, 0.15) is 24.0 Å². The maximum absolute atomic E-state index is 12.7. The monoisotopic (exact) mass is 405 g/mol. The Bertz CT molecular complexity index is 947. The second-order valence-electron chi connectivity index (χ2n) is 7.67. The third kappa shape index (κ3) is 4.09. The van der Waals surface area contributed by atoms with Crippen LogP contribution in [0, 0.1) is 0 Å². The fourth-order valence-electron chi connectivity index (χ4n) is 4.01. The lowest BCUT2D eigenvalue weighted by Crippen LogP contribution is -2.48. The first-order valence-corrected chi connectivity index (χ1v) is 10.2. The SMILES string of the molecule is C=CCOc1cc(CN2CCC3(CC2)N=C(c2ccccc2)NC3=O)ccc1OC. The van der Waals surface area contributed by atoms with Crippen molar-refractivity contribution in [3.63, 3.8) is 0 Å². The van der Waals surface area contributed by atoms with E-state index in [0.29, 0.717) is 31.0 Å². The predicted molar refractivity (Wildman–Crippen MR) is 117 cm³/mol. The van der Waals surface area contributed by atoms with Crippen molar-refractivity contribution in [3.8, 4) is 11.5 Å². The zero-order valence-corrected chi connectivity index (χ0v) is 17.3. The average Bonchev–Trinajstić information content (AvgIpc) is 3.10. The molecule has 1 fully saturated rings. The molecular formula is C24H27N3O3. The lowest BCUT2D eigenvalue weighted by atomic mass is 9.88. The van der Waals surface area contributed by atoms with E-state index < -0.39 is 5.54 Å². The van der Waals surface area contributed by atoms with Crippen LogP contribution in [0.5, 0.6) is 11.5 Å². The highest BCUT2D eigenvalue weighted by atomic mass is 16.5. The number of benzene rings is 2. The standard InChI is InChI=1S/C24H27N3O3/c1-3-15-30-21-16-18(9-10-20(21)29-2)17-27-13-11-24(12-14-27)23(28)25-22(26-24)19-7-5-4-6-8-19/h3-10,16H,1,11-15,17H2,2H3,(H,25,26,28). The number of nitrogens with zero attached hydrogens (tertiary/aromatic N) is 2. The van der Waals surface area contributed by atoms with Gasteiger partial charge in [-0.3, -0.25) is 14.7 Å². The smallest absolute Gasteiger partial charge is 0.253 e. The number of amidine groups is 1. The van der Waals surface area contributed by atoms with Crippen LogP contribution in [0.2, 0.25) is 0 Å². The van der Waals surface area contributed by atoms with Gasteiger partial charge in [-0.05, 0) is 30.5 Å². The Morgan fingerprint density at radius 1 is 1.17 bits per heavy atom. The molecule has 0 atom stereocenters. The lowest BCUT2D eigenvalue weighted by molar-refractivity contribution is -0.125. The summed E-state index contributed by atoms with van der Waals surface area (Å²) in [5, 5.41) is 2.99. The molecule has 0 aliphatic carbocycles. The Morgan fingerprint density at radius 2 is 1.93 bits per heavy atom. The highest BCUT2D eigenvalue weighted by Gasteiger charge is 2.45. The van der Waals surface area contributed by atoms with E-state index in [2.05, 4.69) is 22.9 Å². The molecule has 0 bridgehead atoms. The molecule has 1 amide bonds. The summed E-state index contributed by atoms with van der Waals surface area (Å²) in [4.78, 5) is 19.9. The summed E-state index contributed by atoms with van der Waals surface area (Å²) in [7, 11) is 1.64. The molecule has 2 aliphatic rings. The molecule has 2 heterocycles. The number of carbonyl (C=O) groups is 1. The summed E-state index contributed by atoms with van der Waals surface area (Å²) in [5.41, 5.74) is 1.46. The van der Waals surface area contributed by atoms with Gasteiger partial charge in [0.2, 0.25) is 0 Å². The number of aliphatic imine (C=N–C) groups is 1. The quantitative estimate of drug-likeness (QED) is 0.719. The van der Waals surface area contributed by atoms with E-state index in [9.17, 15) is 4.79 Å². The number of carbonyl (C=O) groups excluding carboxylic acids is 1. The second-order valence-corrected chi connectivity index (χ2v) is 7.67. The topological polar surface area (TPSA) is 63.2 Å². The fraction of sp³-hybridized carbons (Fsp3) is 0.333. The van der Waals surface area contributed by atoms with Crippen LogP contribution < -0.4 is 14.8 Å². The minimum atomic E-state index is -0.639. The minimum Gasteiger partial charge on any atom is -0.493 e. The second kappa shape index (κ2) is 8.71. The van der Waals surface area contributed by atoms with Crippen LogP contribution in [0.25, 0.3) is 0 Å². The summed E-state index contributed by atoms with van der Waals surface area (Å²) in [6, 6.07) is 15.8. The number of piperidine rings is 1. The van der Waals surface area contributed by atoms with Gasteiger partial charge in [-0.2, -0.15) is 0 Å². The molecule has 2 aromatic carbocycles. The molecule has 0 saturated carbocycles. The molecule has 0 aromatic heterocycles. The average molecular weight is 405 g/mol. The van der Waals surface area contributed by atoms with Gasteiger partial charge in [0.05, 0.1) is 7.11 Å². The van der Waals surface area contributed by atoms with Crippen molar-refractivity contribution in [3.05, 3.63) is 72.3 Å². The van der Waals surface area contributed by atoms with E-state index in [1.54, 1.807) is 13.2 Å². The summed E-state index contributed by atoms with van der Waals surface area (Å²) in [5.74, 6) is 2.14. The number of nitrogens with one attached hydrogen (secondary N) is 1. The zero-order chi connectivity index (χ0) is 21.0. The Morgan fingerprint density at radius 3 is 2.63 bits per heavy atom. The first-order chi connectivity index (χ1) is 14.6. The molecule has 30 heavy (non-hydrogen) atoms. The number of hydrogen-bond donors (Lipinski definition) is 1. The Kier molecular flexibility index (Phi) is 5.86. The summed E-state index contributed by atoms with van der Waals surface area (Å²) in [6.07, 6.45) is 3.14. The van der Waals surface area contributed by atoms with Gasteiger partial charge >= 0.3 is 0 Å². The van der Waals surface area contributed by atoms with Crippen molar-refractivity contribution in [2.75, 3.05) is 26.8 Å². The van der Waals surface area contributed by atoms with Gasteiger partial charge in [0, 0.05) is 25.2 Å². The third-order valence-electron chi connectivity index (χ3n) is 5.70. The van der Waals surface area contributed by atoms with Gasteiger partial charge in [0.1, 0.15) is 18.0 Å². The maximum atomic E-state index is 12.7. The molecule has 0 radical (unpaired) electrons. The first kappa shape index (κ1) is 20.2. The Labute approximate surface area is 177 Å². The fourth-order valence-corrected chi connectivity index (χ4v) is 4.01. The van der Waals surface area contributed by atoms with Gasteiger partial charge in [0.15, 0.2) is 11.5 Å². The van der Waals surface area contributed by atoms with Crippen molar-refractivity contribution in [1.29, 1.82) is 0 Å². The summed E-state index contributed by atoms with van der Waals surface area (Å²) < 4.78 is 11.1. The van der Waals surface area contributed by atoms with Gasteiger partial charge in [-0.15, -0.1) is 0 Å². The summed E-state index contributed by atoms with van der Waals surface area (Å²) in [6.45, 7) is 6.55. The highest BCUT2D eigenvalue weighted by molar-refractivity contribution is 6.15. The van der Waals surface area contributed by atoms with E-state index in [4.69, 9.17) is 14.5 Å². The molecule has 1 saturated heterocycles. The normalized spacial score (nSPS) is 18.0. The minimum absolute atomic E-state index is 0.0190. The van der Waals surface area contributed by atoms with Crippen molar-refractivity contribution >= 4 is 11.7 Å². The van der Waals surface area contributed by atoms with Gasteiger partial charge in [-0.25, -0.2) is 0 Å². The van der Waals surface area contributed by atoms with Crippen molar-refractivity contribution in [2.24, 2.45) is 4.99 Å². The lowest BCUT2D eigenvalue weighted by Gasteiger charge is -2.35. The van der Waals surface area contributed by atoms with E-state index in [1.165, 1.54) is 0 Å². The molecule has 6 heteroatoms. The van der Waals surface area contributed by atoms with Crippen LogP contribution in [0.15, 0.2) is 66.2 Å². The zero-order valence-electron chi connectivity index (χ0n) is 17.3. The molecule has 4 rings (SSSR count). The molecule has 1 N–H and O–H groups in total. The number of amides is 1. The summed E-state index contributed by atoms with van der Waals surface area (Å²) >= 11 is 0. The predicted octanol–water partition coefficient (Wildman–Crippen LogP) is 3.17. The van der Waals surface area contributed by atoms with Crippen LogP contribution in [-0.4, -0.2) is 49.0 Å². The first-order valence-electron chi connectivity index (χ1n) is 10.2. The van der Waals surface area contributed by atoms with Crippen LogP contribution in [0.3, 0.4) is 0 Å². The molecule has 6 nitrogen and oxygen atoms in total. The molecule has 2 aliphatic heterocycles. The van der Waals surface area contributed by atoms with Crippen LogP contribution >= 0.6 is 0 Å². The molecule has 156 valence electrons. The molecular weight excluding hydrogens is 378 g/mol. The third-order valence-corrected chi connectivity index (χ3v) is 5.70. The van der Waals surface area contributed by atoms with E-state index in [1.807, 2.05) is 42.5 Å². The number of likely N-dealkylation sites (tertiary alicyclic amines) is 1. The molecule has 0 unspecified atom stereocenters. The van der Waals surface area contributed by atoms with Crippen molar-refractivity contribution < 1.29 is 14.3 Å². The number of ether oxygens (including phenoxy) is 2. The van der Waals surface area contributed by atoms with E-state index in [-0.39, 0.29) is 5.91 Å². The highest BCUT2D eigenvalue weighted by Crippen LogP contribution is 2.33. The van der Waals surface area contributed by atoms with Gasteiger partial charge < -0.3 is 14.8 Å². The van der Waals surface area contributed by atoms with Crippen LogP contribution in [0.4, 0.5) is 0 Å². The Hall–Kier alpha value is -3.12. The largest absolute Gasteiger partial charge is 0.493 e. The Balaban J connectivity index is 1.42. The van der Waals surface area contributed by atoms with Crippen molar-refractivity contribution in [2.45, 2.75) is 24.9 Å². The van der Waals surface area contributed by atoms with Gasteiger partial charge in [0.25, 0.3) is 5.91 Å². The molecule has 1 spiro atoms. The molecule has 2 aromatic rings. The van der Waals surface area contributed by atoms with E-state index in [0.717, 1.165) is 36.5 Å². The number of rotatable bonds is 7. The number of methoxy groups -OCH3 is 1. The van der Waals surface area contributed by atoms with E-state index >= 15 is 0 Å². The van der Waals surface area contributed by atoms with Gasteiger partial charge in [-0.1, -0.05) is 49.1 Å². The van der Waals surface area contributed by atoms with Crippen LogP contribution in [-0.2, 0) is 11.3 Å². The number of hydrogen-bond acceptors (Lipinski definition) is 5.